The van der Waals surface area contributed by atoms with Gasteiger partial charge < -0.3 is 5.11 Å². The number of para-hydroxylation sites is 1. The quantitative estimate of drug-likeness (QED) is 0.515. The lowest BCUT2D eigenvalue weighted by Gasteiger charge is -2.13. The lowest BCUT2D eigenvalue weighted by atomic mass is 10.1. The molecule has 0 aliphatic rings. The molecule has 0 aliphatic carbocycles. The number of nitrogens with zero attached hydrogens (tertiary/aromatic N) is 4. The van der Waals surface area contributed by atoms with E-state index in [0.29, 0.717) is 21.6 Å². The molecule has 7 heteroatoms. The average molecular weight is 400 g/mol. The van der Waals surface area contributed by atoms with E-state index < -0.39 is 0 Å². The van der Waals surface area contributed by atoms with Gasteiger partial charge in [-0.1, -0.05) is 18.2 Å². The van der Waals surface area contributed by atoms with Gasteiger partial charge in [-0.15, -0.1) is 11.3 Å². The normalized spacial score (nSPS) is 11.6. The summed E-state index contributed by atoms with van der Waals surface area (Å²) in [6.45, 7) is 3.68. The smallest absolute Gasteiger partial charge is 0.276 e. The summed E-state index contributed by atoms with van der Waals surface area (Å²) in [5.41, 5.74) is 2.98. The number of benzene rings is 1. The number of aromatic nitrogens is 3. The molecular formula is C22H16N4O2S. The van der Waals surface area contributed by atoms with Gasteiger partial charge in [-0.25, -0.2) is 9.97 Å². The molecule has 0 fully saturated rings. The van der Waals surface area contributed by atoms with Crippen LogP contribution in [-0.4, -0.2) is 19.6 Å². The van der Waals surface area contributed by atoms with E-state index in [1.807, 2.05) is 42.6 Å². The van der Waals surface area contributed by atoms with E-state index in [1.54, 1.807) is 25.1 Å². The second kappa shape index (κ2) is 7.34. The van der Waals surface area contributed by atoms with Gasteiger partial charge in [-0.3, -0.25) is 9.36 Å². The number of hydrogen-bond donors (Lipinski definition) is 1. The Morgan fingerprint density at radius 3 is 2.72 bits per heavy atom. The Balaban J connectivity index is 2.02. The lowest BCUT2D eigenvalue weighted by Crippen LogP contribution is -2.22. The SMILES string of the molecule is Cc1ccc(C#N)c(C(O)=Cc2nc3ccsc3c(=O)n2-c2ccccc2C)n1. The highest BCUT2D eigenvalue weighted by Crippen LogP contribution is 2.23. The number of pyridine rings is 1. The van der Waals surface area contributed by atoms with Gasteiger partial charge in [0.05, 0.1) is 16.8 Å². The number of aliphatic hydroxyl groups excluding tert-OH is 1. The number of rotatable bonds is 3. The monoisotopic (exact) mass is 400 g/mol. The van der Waals surface area contributed by atoms with Gasteiger partial charge in [0.25, 0.3) is 5.56 Å². The third kappa shape index (κ3) is 3.30. The van der Waals surface area contributed by atoms with Gasteiger partial charge in [0, 0.05) is 11.8 Å². The van der Waals surface area contributed by atoms with Crippen LogP contribution in [0.3, 0.4) is 0 Å². The number of thiophene rings is 1. The first kappa shape index (κ1) is 18.6. The fourth-order valence-corrected chi connectivity index (χ4v) is 3.87. The Labute approximate surface area is 170 Å². The van der Waals surface area contributed by atoms with Crippen LogP contribution in [0.25, 0.3) is 27.7 Å². The van der Waals surface area contributed by atoms with Gasteiger partial charge >= 0.3 is 0 Å². The Bertz CT molecular complexity index is 1380. The van der Waals surface area contributed by atoms with Crippen molar-refractivity contribution in [2.45, 2.75) is 13.8 Å². The molecule has 4 aromatic rings. The minimum atomic E-state index is -0.228. The summed E-state index contributed by atoms with van der Waals surface area (Å²) >= 11 is 1.33. The predicted molar refractivity (Wildman–Crippen MR) is 114 cm³/mol. The number of nitriles is 1. The van der Waals surface area contributed by atoms with Crippen molar-refractivity contribution in [2.24, 2.45) is 0 Å². The van der Waals surface area contributed by atoms with Gasteiger partial charge in [-0.2, -0.15) is 5.26 Å². The van der Waals surface area contributed by atoms with E-state index in [2.05, 4.69) is 9.97 Å². The number of fused-ring (bicyclic) bond motifs is 1. The van der Waals surface area contributed by atoms with Crippen LogP contribution in [-0.2, 0) is 0 Å². The molecule has 142 valence electrons. The number of aliphatic hydroxyl groups is 1. The Morgan fingerprint density at radius 2 is 1.97 bits per heavy atom. The van der Waals surface area contributed by atoms with E-state index in [1.165, 1.54) is 22.0 Å². The van der Waals surface area contributed by atoms with Gasteiger partial charge in [0.2, 0.25) is 0 Å². The largest absolute Gasteiger partial charge is 0.505 e. The Kier molecular flexibility index (Phi) is 4.71. The molecule has 0 amide bonds. The molecule has 3 heterocycles. The highest BCUT2D eigenvalue weighted by molar-refractivity contribution is 7.17. The minimum absolute atomic E-state index is 0.156. The van der Waals surface area contributed by atoms with Crippen molar-refractivity contribution in [1.82, 2.24) is 14.5 Å². The van der Waals surface area contributed by atoms with Crippen LogP contribution in [0.1, 0.15) is 28.3 Å². The van der Waals surface area contributed by atoms with Crippen molar-refractivity contribution in [3.05, 3.63) is 86.5 Å². The molecule has 0 saturated heterocycles. The zero-order valence-corrected chi connectivity index (χ0v) is 16.6. The van der Waals surface area contributed by atoms with Crippen molar-refractivity contribution >= 4 is 33.4 Å². The van der Waals surface area contributed by atoms with Crippen LogP contribution in [0.15, 0.2) is 52.6 Å². The molecule has 6 nitrogen and oxygen atoms in total. The second-order valence-electron chi connectivity index (χ2n) is 6.52. The summed E-state index contributed by atoms with van der Waals surface area (Å²) in [6.07, 6.45) is 1.38. The first-order chi connectivity index (χ1) is 14.0. The third-order valence-electron chi connectivity index (χ3n) is 4.53. The zero-order chi connectivity index (χ0) is 20.5. The number of aryl methyl sites for hydroxylation is 2. The molecule has 4 rings (SSSR count). The molecular weight excluding hydrogens is 384 g/mol. The highest BCUT2D eigenvalue weighted by atomic mass is 32.1. The van der Waals surface area contributed by atoms with Crippen molar-refractivity contribution in [3.63, 3.8) is 0 Å². The Morgan fingerprint density at radius 1 is 1.17 bits per heavy atom. The fraction of sp³-hybridized carbons (Fsp3) is 0.0909. The van der Waals surface area contributed by atoms with Gasteiger partial charge in [-0.05, 0) is 49.1 Å². The first-order valence-electron chi connectivity index (χ1n) is 8.84. The standard InChI is InChI=1S/C22H16N4O2S/c1-13-5-3-4-6-17(13)26-19(25-16-9-10-29-21(16)22(26)28)11-18(27)20-15(12-23)8-7-14(2)24-20/h3-11,27H,1-2H3. The summed E-state index contributed by atoms with van der Waals surface area (Å²) in [5.74, 6) is 0.0361. The topological polar surface area (TPSA) is 91.8 Å². The maximum atomic E-state index is 13.2. The van der Waals surface area contributed by atoms with Gasteiger partial charge in [0.1, 0.15) is 28.0 Å². The maximum absolute atomic E-state index is 13.2. The van der Waals surface area contributed by atoms with E-state index in [-0.39, 0.29) is 28.4 Å². The summed E-state index contributed by atoms with van der Waals surface area (Å²) in [6, 6.07) is 14.6. The molecule has 1 N–H and O–H groups in total. The molecule has 0 aliphatic heterocycles. The molecule has 0 bridgehead atoms. The average Bonchev–Trinajstić information content (AvgIpc) is 3.18. The maximum Gasteiger partial charge on any atom is 0.276 e. The van der Waals surface area contributed by atoms with Crippen LogP contribution in [0.2, 0.25) is 0 Å². The van der Waals surface area contributed by atoms with E-state index in [4.69, 9.17) is 0 Å². The van der Waals surface area contributed by atoms with Crippen LogP contribution < -0.4 is 5.56 Å². The number of hydrogen-bond acceptors (Lipinski definition) is 6. The van der Waals surface area contributed by atoms with Crippen molar-refractivity contribution in [2.75, 3.05) is 0 Å². The van der Waals surface area contributed by atoms with Crippen molar-refractivity contribution in [1.29, 1.82) is 5.26 Å². The lowest BCUT2D eigenvalue weighted by molar-refractivity contribution is 0.511. The summed E-state index contributed by atoms with van der Waals surface area (Å²) < 4.78 is 2.02. The molecule has 0 saturated carbocycles. The first-order valence-corrected chi connectivity index (χ1v) is 9.72. The summed E-state index contributed by atoms with van der Waals surface area (Å²) in [5, 5.41) is 21.9. The van der Waals surface area contributed by atoms with Crippen LogP contribution in [0, 0.1) is 25.2 Å². The summed E-state index contributed by atoms with van der Waals surface area (Å²) in [7, 11) is 0. The molecule has 0 unspecified atom stereocenters. The van der Waals surface area contributed by atoms with Crippen LogP contribution >= 0.6 is 11.3 Å². The van der Waals surface area contributed by atoms with Gasteiger partial charge in [0.15, 0.2) is 0 Å². The highest BCUT2D eigenvalue weighted by Gasteiger charge is 2.16. The van der Waals surface area contributed by atoms with Crippen LogP contribution in [0.4, 0.5) is 0 Å². The van der Waals surface area contributed by atoms with Crippen LogP contribution in [0.5, 0.6) is 0 Å². The molecule has 0 atom stereocenters. The van der Waals surface area contributed by atoms with E-state index in [9.17, 15) is 15.2 Å². The zero-order valence-electron chi connectivity index (χ0n) is 15.7. The van der Waals surface area contributed by atoms with E-state index >= 15 is 0 Å². The van der Waals surface area contributed by atoms with E-state index in [0.717, 1.165) is 5.56 Å². The predicted octanol–water partition coefficient (Wildman–Crippen LogP) is 4.39. The molecule has 3 aromatic heterocycles. The molecule has 0 spiro atoms. The molecule has 0 radical (unpaired) electrons. The third-order valence-corrected chi connectivity index (χ3v) is 5.42. The molecule has 1 aromatic carbocycles. The second-order valence-corrected chi connectivity index (χ2v) is 7.44. The van der Waals surface area contributed by atoms with Crippen molar-refractivity contribution < 1.29 is 5.11 Å². The van der Waals surface area contributed by atoms with Crippen molar-refractivity contribution in [3.8, 4) is 11.8 Å². The Hall–Kier alpha value is -3.76. The minimum Gasteiger partial charge on any atom is -0.505 e. The summed E-state index contributed by atoms with van der Waals surface area (Å²) in [4.78, 5) is 22.1. The molecule has 29 heavy (non-hydrogen) atoms. The fourth-order valence-electron chi connectivity index (χ4n) is 3.11.